The minimum Gasteiger partial charge on any atom is -0.303 e. The fourth-order valence-electron chi connectivity index (χ4n) is 2.17. The zero-order valence-electron chi connectivity index (χ0n) is 10.6. The van der Waals surface area contributed by atoms with E-state index in [2.05, 4.69) is 15.6 Å². The quantitative estimate of drug-likeness (QED) is 0.816. The maximum Gasteiger partial charge on any atom is 0.246 e. The number of aromatic nitrogens is 1. The third-order valence-electron chi connectivity index (χ3n) is 3.37. The van der Waals surface area contributed by atoms with Crippen LogP contribution in [0.5, 0.6) is 0 Å². The average Bonchev–Trinajstić information content (AvgIpc) is 2.97. The molecule has 1 aliphatic heterocycles. The number of hydrogen-bond acceptors (Lipinski definition) is 5. The first kappa shape index (κ1) is 13.2. The number of rotatable bonds is 4. The Labute approximate surface area is 110 Å². The molecule has 1 aliphatic rings. The molecular weight excluding hydrogens is 250 g/mol. The Morgan fingerprint density at radius 2 is 2.39 bits per heavy atom. The molecule has 1 aromatic heterocycles. The molecule has 0 spiro atoms. The summed E-state index contributed by atoms with van der Waals surface area (Å²) in [6, 6.07) is 0. The molecule has 1 amide bonds. The number of Topliss-reactive ketones (excluding diaryl/α,β-unsaturated/α-hetero) is 1. The molecule has 0 aromatic carbocycles. The number of amides is 1. The van der Waals surface area contributed by atoms with Crippen LogP contribution < -0.4 is 10.6 Å². The lowest BCUT2D eigenvalue weighted by Crippen LogP contribution is -2.50. The summed E-state index contributed by atoms with van der Waals surface area (Å²) in [4.78, 5) is 27.5. The molecule has 1 atom stereocenters. The van der Waals surface area contributed by atoms with Crippen LogP contribution in [0.3, 0.4) is 0 Å². The van der Waals surface area contributed by atoms with Gasteiger partial charge in [-0.3, -0.25) is 9.59 Å². The van der Waals surface area contributed by atoms with Gasteiger partial charge in [-0.1, -0.05) is 6.92 Å². The molecule has 6 heteroatoms. The summed E-state index contributed by atoms with van der Waals surface area (Å²) in [5, 5.41) is 8.23. The summed E-state index contributed by atoms with van der Waals surface area (Å²) in [5.74, 6) is -0.136. The summed E-state index contributed by atoms with van der Waals surface area (Å²) in [7, 11) is 0. The summed E-state index contributed by atoms with van der Waals surface area (Å²) < 4.78 is 0. The Kier molecular flexibility index (Phi) is 3.77. The third-order valence-corrected chi connectivity index (χ3v) is 4.12. The number of thiazole rings is 1. The molecule has 2 rings (SSSR count). The number of carbonyl (C=O) groups is 2. The van der Waals surface area contributed by atoms with Crippen molar-refractivity contribution >= 4 is 28.2 Å². The number of ketones is 1. The van der Waals surface area contributed by atoms with Crippen molar-refractivity contribution in [2.45, 2.75) is 38.6 Å². The van der Waals surface area contributed by atoms with Gasteiger partial charge in [0.15, 0.2) is 10.9 Å². The van der Waals surface area contributed by atoms with E-state index in [1.165, 1.54) is 18.3 Å². The van der Waals surface area contributed by atoms with Gasteiger partial charge in [-0.2, -0.15) is 0 Å². The van der Waals surface area contributed by atoms with Crippen molar-refractivity contribution in [3.8, 4) is 0 Å². The Hall–Kier alpha value is -1.27. The number of hydrogen-bond donors (Lipinski definition) is 2. The fraction of sp³-hybridized carbons (Fsp3) is 0.583. The van der Waals surface area contributed by atoms with Crippen molar-refractivity contribution in [3.63, 3.8) is 0 Å². The van der Waals surface area contributed by atoms with Gasteiger partial charge in [-0.05, 0) is 25.8 Å². The summed E-state index contributed by atoms with van der Waals surface area (Å²) in [6.07, 6.45) is 2.61. The normalized spacial score (nSPS) is 23.0. The Bertz CT molecular complexity index is 464. The Morgan fingerprint density at radius 1 is 1.61 bits per heavy atom. The molecule has 5 nitrogen and oxygen atoms in total. The number of carbonyl (C=O) groups excluding carboxylic acids is 2. The van der Waals surface area contributed by atoms with E-state index in [9.17, 15) is 9.59 Å². The Balaban J connectivity index is 2.08. The van der Waals surface area contributed by atoms with E-state index in [1.54, 1.807) is 5.38 Å². The highest BCUT2D eigenvalue weighted by atomic mass is 32.1. The first-order chi connectivity index (χ1) is 8.57. The van der Waals surface area contributed by atoms with Crippen LogP contribution in [0, 0.1) is 0 Å². The van der Waals surface area contributed by atoms with Crippen LogP contribution in [0.2, 0.25) is 0 Å². The van der Waals surface area contributed by atoms with E-state index in [1.807, 2.05) is 6.92 Å². The number of nitrogens with zero attached hydrogens (tertiary/aromatic N) is 1. The lowest BCUT2D eigenvalue weighted by molar-refractivity contribution is -0.122. The molecular formula is C12H17N3O2S. The lowest BCUT2D eigenvalue weighted by Gasteiger charge is -2.25. The minimum absolute atomic E-state index is 0.0491. The highest BCUT2D eigenvalue weighted by molar-refractivity contribution is 7.14. The summed E-state index contributed by atoms with van der Waals surface area (Å²) in [5.41, 5.74) is -0.0672. The van der Waals surface area contributed by atoms with E-state index < -0.39 is 5.54 Å². The lowest BCUT2D eigenvalue weighted by atomic mass is 9.93. The topological polar surface area (TPSA) is 71.1 Å². The van der Waals surface area contributed by atoms with Gasteiger partial charge >= 0.3 is 0 Å². The van der Waals surface area contributed by atoms with Gasteiger partial charge in [0.25, 0.3) is 0 Å². The monoisotopic (exact) mass is 267 g/mol. The van der Waals surface area contributed by atoms with Crippen molar-refractivity contribution in [2.75, 3.05) is 11.9 Å². The van der Waals surface area contributed by atoms with Crippen LogP contribution in [0.4, 0.5) is 5.13 Å². The van der Waals surface area contributed by atoms with Crippen molar-refractivity contribution < 1.29 is 9.59 Å². The predicted molar refractivity (Wildman–Crippen MR) is 71.0 cm³/mol. The molecule has 1 fully saturated rings. The van der Waals surface area contributed by atoms with E-state index in [0.29, 0.717) is 10.8 Å². The Morgan fingerprint density at radius 3 is 2.89 bits per heavy atom. The molecule has 0 bridgehead atoms. The van der Waals surface area contributed by atoms with Crippen LogP contribution in [-0.4, -0.2) is 28.8 Å². The van der Waals surface area contributed by atoms with Crippen molar-refractivity contribution in [1.29, 1.82) is 0 Å². The van der Waals surface area contributed by atoms with Gasteiger partial charge in [0.05, 0.1) is 5.54 Å². The molecule has 2 heterocycles. The van der Waals surface area contributed by atoms with Crippen LogP contribution in [0.25, 0.3) is 0 Å². The largest absolute Gasteiger partial charge is 0.303 e. The number of nitrogens with one attached hydrogen (secondary N) is 2. The molecule has 1 saturated heterocycles. The van der Waals surface area contributed by atoms with Crippen LogP contribution >= 0.6 is 11.3 Å². The zero-order chi connectivity index (χ0) is 13.2. The van der Waals surface area contributed by atoms with Gasteiger partial charge in [0, 0.05) is 12.3 Å². The van der Waals surface area contributed by atoms with Gasteiger partial charge in [-0.15, -0.1) is 11.3 Å². The van der Waals surface area contributed by atoms with E-state index in [0.717, 1.165) is 25.8 Å². The zero-order valence-corrected chi connectivity index (χ0v) is 11.4. The fourth-order valence-corrected chi connectivity index (χ4v) is 2.92. The molecule has 1 unspecified atom stereocenters. The second-order valence-electron chi connectivity index (χ2n) is 4.51. The van der Waals surface area contributed by atoms with Gasteiger partial charge in [0.2, 0.25) is 5.91 Å². The maximum absolute atomic E-state index is 12.3. The van der Waals surface area contributed by atoms with Crippen LogP contribution in [-0.2, 0) is 4.79 Å². The van der Waals surface area contributed by atoms with Crippen molar-refractivity contribution in [2.24, 2.45) is 0 Å². The molecule has 98 valence electrons. The standard InChI is InChI=1S/C12H17N3O2S/c1-3-12(5-4-6-13-12)10(17)15-11-14-9(7-18-11)8(2)16/h7,13H,3-6H2,1-2H3,(H,14,15,17). The summed E-state index contributed by atoms with van der Waals surface area (Å²) >= 11 is 1.28. The third kappa shape index (κ3) is 2.44. The maximum atomic E-state index is 12.3. The second kappa shape index (κ2) is 5.16. The van der Waals surface area contributed by atoms with Crippen molar-refractivity contribution in [3.05, 3.63) is 11.1 Å². The number of anilines is 1. The molecule has 2 N–H and O–H groups in total. The summed E-state index contributed by atoms with van der Waals surface area (Å²) in [6.45, 7) is 4.34. The molecule has 0 saturated carbocycles. The van der Waals surface area contributed by atoms with Crippen molar-refractivity contribution in [1.82, 2.24) is 10.3 Å². The van der Waals surface area contributed by atoms with Gasteiger partial charge in [-0.25, -0.2) is 4.98 Å². The first-order valence-corrected chi connectivity index (χ1v) is 6.98. The van der Waals surface area contributed by atoms with Crippen LogP contribution in [0.1, 0.15) is 43.6 Å². The second-order valence-corrected chi connectivity index (χ2v) is 5.37. The first-order valence-electron chi connectivity index (χ1n) is 6.10. The SMILES string of the molecule is CCC1(C(=O)Nc2nc(C(C)=O)cs2)CCCN1. The highest BCUT2D eigenvalue weighted by Gasteiger charge is 2.39. The highest BCUT2D eigenvalue weighted by Crippen LogP contribution is 2.25. The van der Waals surface area contributed by atoms with Gasteiger partial charge < -0.3 is 10.6 Å². The van der Waals surface area contributed by atoms with Gasteiger partial charge in [0.1, 0.15) is 5.69 Å². The molecule has 1 aromatic rings. The van der Waals surface area contributed by atoms with Crippen LogP contribution in [0.15, 0.2) is 5.38 Å². The minimum atomic E-state index is -0.470. The molecule has 18 heavy (non-hydrogen) atoms. The smallest absolute Gasteiger partial charge is 0.246 e. The van der Waals surface area contributed by atoms with E-state index in [-0.39, 0.29) is 11.7 Å². The molecule has 0 radical (unpaired) electrons. The average molecular weight is 267 g/mol. The predicted octanol–water partition coefficient (Wildman–Crippen LogP) is 1.82. The van der Waals surface area contributed by atoms with E-state index >= 15 is 0 Å². The van der Waals surface area contributed by atoms with E-state index in [4.69, 9.17) is 0 Å². The molecule has 0 aliphatic carbocycles.